The van der Waals surface area contributed by atoms with Gasteiger partial charge in [-0.3, -0.25) is 4.98 Å². The number of anilines is 1. The van der Waals surface area contributed by atoms with Gasteiger partial charge in [0.05, 0.1) is 9.26 Å². The molecular formula is C14H17IN4. The number of pyridine rings is 1. The van der Waals surface area contributed by atoms with Crippen molar-refractivity contribution in [3.8, 4) is 11.5 Å². The lowest BCUT2D eigenvalue weighted by molar-refractivity contribution is 0.564. The molecule has 0 radical (unpaired) electrons. The molecule has 0 aromatic carbocycles. The van der Waals surface area contributed by atoms with Crippen LogP contribution in [0, 0.1) is 10.5 Å². The smallest absolute Gasteiger partial charge is 0.180 e. The van der Waals surface area contributed by atoms with Crippen LogP contribution < -0.4 is 5.73 Å². The van der Waals surface area contributed by atoms with E-state index in [-0.39, 0.29) is 5.41 Å². The van der Waals surface area contributed by atoms with E-state index in [0.717, 1.165) is 20.5 Å². The molecule has 2 aromatic rings. The Hall–Kier alpha value is -1.24. The van der Waals surface area contributed by atoms with Gasteiger partial charge in [-0.2, -0.15) is 0 Å². The van der Waals surface area contributed by atoms with Crippen molar-refractivity contribution >= 4 is 28.4 Å². The van der Waals surface area contributed by atoms with E-state index >= 15 is 0 Å². The number of hydrogen-bond donors (Lipinski definition) is 1. The first-order chi connectivity index (χ1) is 8.79. The Morgan fingerprint density at radius 3 is 2.37 bits per heavy atom. The quantitative estimate of drug-likeness (QED) is 0.785. The minimum atomic E-state index is -0.0764. The Kier molecular flexibility index (Phi) is 3.75. The Labute approximate surface area is 127 Å². The first kappa shape index (κ1) is 14.2. The van der Waals surface area contributed by atoms with E-state index in [4.69, 9.17) is 5.73 Å². The molecule has 0 unspecified atom stereocenters. The molecule has 2 aromatic heterocycles. The average Bonchev–Trinajstić information content (AvgIpc) is 2.32. The Morgan fingerprint density at radius 2 is 1.84 bits per heavy atom. The molecule has 0 saturated heterocycles. The highest BCUT2D eigenvalue weighted by molar-refractivity contribution is 14.1. The number of halogens is 1. The zero-order valence-corrected chi connectivity index (χ0v) is 13.7. The van der Waals surface area contributed by atoms with Crippen LogP contribution in [0.4, 0.5) is 5.82 Å². The number of rotatable bonds is 1. The number of nitrogens with two attached hydrogens (primary N) is 1. The number of aromatic nitrogens is 3. The zero-order valence-electron chi connectivity index (χ0n) is 11.5. The maximum Gasteiger partial charge on any atom is 0.180 e. The molecule has 5 heteroatoms. The summed E-state index contributed by atoms with van der Waals surface area (Å²) in [6.45, 7) is 8.34. The van der Waals surface area contributed by atoms with E-state index in [1.165, 1.54) is 0 Å². The molecule has 0 amide bonds. The molecule has 0 aliphatic heterocycles. The molecule has 2 heterocycles. The monoisotopic (exact) mass is 368 g/mol. The van der Waals surface area contributed by atoms with Crippen LogP contribution in [0.1, 0.15) is 32.0 Å². The molecule has 4 nitrogen and oxygen atoms in total. The van der Waals surface area contributed by atoms with Crippen LogP contribution in [0.3, 0.4) is 0 Å². The summed E-state index contributed by atoms with van der Waals surface area (Å²) in [6, 6.07) is 3.92. The minimum absolute atomic E-state index is 0.0764. The van der Waals surface area contributed by atoms with Crippen molar-refractivity contribution in [2.24, 2.45) is 0 Å². The van der Waals surface area contributed by atoms with E-state index in [1.807, 2.05) is 25.3 Å². The molecule has 100 valence electrons. The van der Waals surface area contributed by atoms with Gasteiger partial charge in [-0.1, -0.05) is 26.8 Å². The zero-order chi connectivity index (χ0) is 14.2. The number of nitrogen functional groups attached to an aromatic ring is 1. The van der Waals surface area contributed by atoms with Gasteiger partial charge in [0, 0.05) is 11.6 Å². The van der Waals surface area contributed by atoms with Crippen molar-refractivity contribution in [1.29, 1.82) is 0 Å². The number of aryl methyl sites for hydroxylation is 1. The predicted octanol–water partition coefficient (Wildman–Crippen LogP) is 3.33. The van der Waals surface area contributed by atoms with E-state index in [0.29, 0.717) is 11.6 Å². The molecule has 19 heavy (non-hydrogen) atoms. The summed E-state index contributed by atoms with van der Waals surface area (Å²) in [5.41, 5.74) is 8.74. The molecular weight excluding hydrogens is 351 g/mol. The Morgan fingerprint density at radius 1 is 1.16 bits per heavy atom. The largest absolute Gasteiger partial charge is 0.383 e. The van der Waals surface area contributed by atoms with Crippen LogP contribution in [0.15, 0.2) is 18.3 Å². The average molecular weight is 368 g/mol. The molecule has 0 saturated carbocycles. The number of nitrogens with zero attached hydrogens (tertiary/aromatic N) is 3. The Bertz CT molecular complexity index is 600. The highest BCUT2D eigenvalue weighted by Gasteiger charge is 2.22. The van der Waals surface area contributed by atoms with E-state index in [9.17, 15) is 0 Å². The van der Waals surface area contributed by atoms with Gasteiger partial charge in [-0.15, -0.1) is 0 Å². The second kappa shape index (κ2) is 5.03. The lowest BCUT2D eigenvalue weighted by Crippen LogP contribution is -2.18. The van der Waals surface area contributed by atoms with Crippen molar-refractivity contribution in [3.05, 3.63) is 33.2 Å². The summed E-state index contributed by atoms with van der Waals surface area (Å²) in [7, 11) is 0. The lowest BCUT2D eigenvalue weighted by atomic mass is 9.92. The molecule has 2 N–H and O–H groups in total. The second-order valence-electron chi connectivity index (χ2n) is 5.57. The fourth-order valence-corrected chi connectivity index (χ4v) is 2.73. The maximum absolute atomic E-state index is 6.00. The molecule has 0 aliphatic carbocycles. The van der Waals surface area contributed by atoms with Gasteiger partial charge >= 0.3 is 0 Å². The van der Waals surface area contributed by atoms with Crippen LogP contribution in [-0.4, -0.2) is 15.0 Å². The fraction of sp³-hybridized carbons (Fsp3) is 0.357. The first-order valence-corrected chi connectivity index (χ1v) is 7.13. The summed E-state index contributed by atoms with van der Waals surface area (Å²) < 4.78 is 0.918. The fourth-order valence-electron chi connectivity index (χ4n) is 1.68. The van der Waals surface area contributed by atoms with E-state index in [2.05, 4.69) is 58.3 Å². The van der Waals surface area contributed by atoms with Crippen LogP contribution in [-0.2, 0) is 5.41 Å². The molecule has 0 aliphatic rings. The summed E-state index contributed by atoms with van der Waals surface area (Å²) >= 11 is 2.20. The third-order valence-corrected chi connectivity index (χ3v) is 3.79. The van der Waals surface area contributed by atoms with Crippen molar-refractivity contribution in [1.82, 2.24) is 15.0 Å². The molecule has 0 fully saturated rings. The first-order valence-electron chi connectivity index (χ1n) is 6.05. The van der Waals surface area contributed by atoms with Gasteiger partial charge in [0.25, 0.3) is 0 Å². The highest BCUT2D eigenvalue weighted by Crippen LogP contribution is 2.29. The second-order valence-corrected chi connectivity index (χ2v) is 6.64. The normalized spacial score (nSPS) is 11.6. The molecule has 0 bridgehead atoms. The molecule has 0 atom stereocenters. The minimum Gasteiger partial charge on any atom is -0.383 e. The summed E-state index contributed by atoms with van der Waals surface area (Å²) in [5, 5.41) is 0. The van der Waals surface area contributed by atoms with Gasteiger partial charge < -0.3 is 5.73 Å². The SMILES string of the molecule is Cc1ccc(-c2nc(N)c(I)c(C(C)(C)C)n2)nc1. The third-order valence-electron chi connectivity index (χ3n) is 2.73. The van der Waals surface area contributed by atoms with Crippen molar-refractivity contribution in [2.75, 3.05) is 5.73 Å². The van der Waals surface area contributed by atoms with Crippen molar-refractivity contribution in [2.45, 2.75) is 33.1 Å². The lowest BCUT2D eigenvalue weighted by Gasteiger charge is -2.20. The highest BCUT2D eigenvalue weighted by atomic mass is 127. The summed E-state index contributed by atoms with van der Waals surface area (Å²) in [5.74, 6) is 1.10. The standard InChI is InChI=1S/C14H17IN4/c1-8-5-6-9(17-7-8)13-18-11(14(2,3)4)10(15)12(16)19-13/h5-7H,1-4H3,(H2,16,18,19). The Balaban J connectivity index is 2.60. The molecule has 2 rings (SSSR count). The van der Waals surface area contributed by atoms with Crippen LogP contribution in [0.2, 0.25) is 0 Å². The summed E-state index contributed by atoms with van der Waals surface area (Å²) in [6.07, 6.45) is 1.81. The maximum atomic E-state index is 6.00. The van der Waals surface area contributed by atoms with Gasteiger partial charge in [-0.05, 0) is 41.1 Å². The topological polar surface area (TPSA) is 64.7 Å². The predicted molar refractivity (Wildman–Crippen MR) is 85.8 cm³/mol. The van der Waals surface area contributed by atoms with Gasteiger partial charge in [0.1, 0.15) is 11.5 Å². The van der Waals surface area contributed by atoms with Crippen molar-refractivity contribution in [3.63, 3.8) is 0 Å². The molecule has 0 spiro atoms. The van der Waals surface area contributed by atoms with Crippen LogP contribution in [0.25, 0.3) is 11.5 Å². The van der Waals surface area contributed by atoms with Gasteiger partial charge in [0.2, 0.25) is 0 Å². The number of hydrogen-bond acceptors (Lipinski definition) is 4. The van der Waals surface area contributed by atoms with E-state index < -0.39 is 0 Å². The third kappa shape index (κ3) is 3.02. The van der Waals surface area contributed by atoms with Gasteiger partial charge in [0.15, 0.2) is 5.82 Å². The van der Waals surface area contributed by atoms with Crippen molar-refractivity contribution < 1.29 is 0 Å². The summed E-state index contributed by atoms with van der Waals surface area (Å²) in [4.78, 5) is 13.3. The van der Waals surface area contributed by atoms with Gasteiger partial charge in [-0.25, -0.2) is 9.97 Å². The van der Waals surface area contributed by atoms with E-state index in [1.54, 1.807) is 0 Å². The van der Waals surface area contributed by atoms with Crippen LogP contribution in [0.5, 0.6) is 0 Å². The van der Waals surface area contributed by atoms with Crippen LogP contribution >= 0.6 is 22.6 Å².